The predicted molar refractivity (Wildman–Crippen MR) is 67.7 cm³/mol. The molecule has 0 bridgehead atoms. The number of hydrogen-bond acceptors (Lipinski definition) is 5. The van der Waals surface area contributed by atoms with Crippen LogP contribution in [0.3, 0.4) is 0 Å². The molecule has 6 nitrogen and oxygen atoms in total. The molecular formula is C12H18N2O4. The number of ether oxygens (including phenoxy) is 1. The third-order valence-corrected chi connectivity index (χ3v) is 2.64. The monoisotopic (exact) mass is 254 g/mol. The van der Waals surface area contributed by atoms with Crippen LogP contribution in [0.15, 0.2) is 12.1 Å². The Kier molecular flexibility index (Phi) is 4.49. The van der Waals surface area contributed by atoms with Crippen LogP contribution in [-0.2, 0) is 0 Å². The molecule has 0 aliphatic heterocycles. The lowest BCUT2D eigenvalue weighted by molar-refractivity contribution is -0.385. The summed E-state index contributed by atoms with van der Waals surface area (Å²) < 4.78 is 4.92. The molecule has 0 amide bonds. The number of benzene rings is 1. The lowest BCUT2D eigenvalue weighted by atomic mass is 9.96. The third kappa shape index (κ3) is 3.10. The van der Waals surface area contributed by atoms with E-state index in [0.717, 1.165) is 0 Å². The van der Waals surface area contributed by atoms with Crippen LogP contribution in [0.4, 0.5) is 5.69 Å². The van der Waals surface area contributed by atoms with Gasteiger partial charge in [-0.25, -0.2) is 0 Å². The Morgan fingerprint density at radius 3 is 2.56 bits per heavy atom. The number of nitro benzene ring substituents is 1. The zero-order valence-electron chi connectivity index (χ0n) is 10.7. The Hall–Kier alpha value is -1.82. The van der Waals surface area contributed by atoms with Crippen molar-refractivity contribution >= 4 is 5.69 Å². The Morgan fingerprint density at radius 2 is 2.11 bits per heavy atom. The first-order valence-electron chi connectivity index (χ1n) is 5.67. The van der Waals surface area contributed by atoms with Crippen molar-refractivity contribution in [1.29, 1.82) is 0 Å². The Morgan fingerprint density at radius 1 is 1.50 bits per heavy atom. The summed E-state index contributed by atoms with van der Waals surface area (Å²) in [6, 6.07) is 2.02. The molecule has 1 aromatic carbocycles. The van der Waals surface area contributed by atoms with E-state index < -0.39 is 11.0 Å². The topological polar surface area (TPSA) is 98.6 Å². The largest absolute Gasteiger partial charge is 0.504 e. The summed E-state index contributed by atoms with van der Waals surface area (Å²) >= 11 is 0. The molecule has 0 spiro atoms. The van der Waals surface area contributed by atoms with Gasteiger partial charge in [-0.15, -0.1) is 0 Å². The molecule has 0 radical (unpaired) electrons. The number of methoxy groups -OCH3 is 1. The average Bonchev–Trinajstić information content (AvgIpc) is 2.27. The van der Waals surface area contributed by atoms with Crippen LogP contribution in [0, 0.1) is 16.0 Å². The minimum atomic E-state index is -0.534. The summed E-state index contributed by atoms with van der Waals surface area (Å²) in [7, 11) is 1.34. The van der Waals surface area contributed by atoms with Crippen molar-refractivity contribution in [2.45, 2.75) is 26.3 Å². The molecule has 0 aliphatic carbocycles. The summed E-state index contributed by atoms with van der Waals surface area (Å²) in [6.45, 7) is 3.98. The molecule has 0 heterocycles. The number of aromatic hydroxyl groups is 1. The van der Waals surface area contributed by atoms with Crippen LogP contribution in [-0.4, -0.2) is 17.1 Å². The zero-order chi connectivity index (χ0) is 13.9. The molecule has 0 aromatic heterocycles. The van der Waals surface area contributed by atoms with Gasteiger partial charge in [-0.3, -0.25) is 10.1 Å². The van der Waals surface area contributed by atoms with Gasteiger partial charge < -0.3 is 15.6 Å². The highest BCUT2D eigenvalue weighted by atomic mass is 16.6. The predicted octanol–water partition coefficient (Wildman–Crippen LogP) is 2.35. The van der Waals surface area contributed by atoms with E-state index in [-0.39, 0.29) is 17.2 Å². The maximum absolute atomic E-state index is 10.8. The fraction of sp³-hybridized carbons (Fsp3) is 0.500. The van der Waals surface area contributed by atoms with Crippen LogP contribution in [0.5, 0.6) is 11.5 Å². The molecule has 0 aliphatic rings. The van der Waals surface area contributed by atoms with E-state index in [0.29, 0.717) is 17.9 Å². The van der Waals surface area contributed by atoms with Crippen molar-refractivity contribution < 1.29 is 14.8 Å². The van der Waals surface area contributed by atoms with Gasteiger partial charge in [0.15, 0.2) is 11.5 Å². The van der Waals surface area contributed by atoms with Crippen molar-refractivity contribution in [3.8, 4) is 11.5 Å². The van der Waals surface area contributed by atoms with E-state index in [9.17, 15) is 15.2 Å². The summed E-state index contributed by atoms with van der Waals surface area (Å²) in [5.74, 6) is 0.263. The van der Waals surface area contributed by atoms with E-state index in [1.807, 2.05) is 13.8 Å². The van der Waals surface area contributed by atoms with Gasteiger partial charge >= 0.3 is 0 Å². The third-order valence-electron chi connectivity index (χ3n) is 2.64. The van der Waals surface area contributed by atoms with Crippen LogP contribution >= 0.6 is 0 Å². The van der Waals surface area contributed by atoms with Gasteiger partial charge in [0.2, 0.25) is 0 Å². The lowest BCUT2D eigenvalue weighted by Gasteiger charge is -2.17. The fourth-order valence-electron chi connectivity index (χ4n) is 1.79. The lowest BCUT2D eigenvalue weighted by Crippen LogP contribution is -2.13. The maximum atomic E-state index is 10.8. The van der Waals surface area contributed by atoms with Crippen LogP contribution in [0.2, 0.25) is 0 Å². The van der Waals surface area contributed by atoms with Crippen LogP contribution < -0.4 is 10.5 Å². The van der Waals surface area contributed by atoms with Gasteiger partial charge in [-0.1, -0.05) is 13.8 Å². The summed E-state index contributed by atoms with van der Waals surface area (Å²) in [4.78, 5) is 10.3. The van der Waals surface area contributed by atoms with Gasteiger partial charge in [0, 0.05) is 17.7 Å². The van der Waals surface area contributed by atoms with Crippen LogP contribution in [0.1, 0.15) is 31.9 Å². The van der Waals surface area contributed by atoms with Gasteiger partial charge in [-0.2, -0.15) is 0 Å². The van der Waals surface area contributed by atoms with E-state index in [1.165, 1.54) is 19.2 Å². The molecule has 0 saturated carbocycles. The molecule has 0 saturated heterocycles. The highest BCUT2D eigenvalue weighted by molar-refractivity contribution is 5.54. The maximum Gasteiger partial charge on any atom is 0.273 e. The van der Waals surface area contributed by atoms with Crippen molar-refractivity contribution in [3.63, 3.8) is 0 Å². The number of rotatable bonds is 5. The quantitative estimate of drug-likeness (QED) is 0.620. The Bertz CT molecular complexity index is 446. The molecule has 1 atom stereocenters. The van der Waals surface area contributed by atoms with E-state index in [4.69, 9.17) is 10.5 Å². The molecule has 3 N–H and O–H groups in total. The number of nitro groups is 1. The standard InChI is InChI=1S/C12H18N2O4/c1-7(2)4-10(13)9-5-8(14(16)17)6-11(18-3)12(9)15/h5-7,10,15H,4,13H2,1-3H3/t10-/m0/s1. The first-order chi connectivity index (χ1) is 8.36. The van der Waals surface area contributed by atoms with Gasteiger partial charge in [0.1, 0.15) is 0 Å². The number of phenols is 1. The van der Waals surface area contributed by atoms with Gasteiger partial charge in [0.25, 0.3) is 5.69 Å². The second-order valence-corrected chi connectivity index (χ2v) is 4.58. The highest BCUT2D eigenvalue weighted by Gasteiger charge is 2.21. The molecule has 0 fully saturated rings. The van der Waals surface area contributed by atoms with E-state index in [2.05, 4.69) is 0 Å². The molecule has 1 aromatic rings. The van der Waals surface area contributed by atoms with Gasteiger partial charge in [0.05, 0.1) is 18.1 Å². The number of phenolic OH excluding ortho intramolecular Hbond substituents is 1. The summed E-state index contributed by atoms with van der Waals surface area (Å²) in [6.07, 6.45) is 0.623. The SMILES string of the molecule is COc1cc([N+](=O)[O-])cc([C@@H](N)CC(C)C)c1O. The van der Waals surface area contributed by atoms with Crippen molar-refractivity contribution in [1.82, 2.24) is 0 Å². The van der Waals surface area contributed by atoms with Gasteiger partial charge in [-0.05, 0) is 12.3 Å². The van der Waals surface area contributed by atoms with E-state index in [1.54, 1.807) is 0 Å². The molecular weight excluding hydrogens is 236 g/mol. The molecule has 100 valence electrons. The van der Waals surface area contributed by atoms with E-state index >= 15 is 0 Å². The van der Waals surface area contributed by atoms with Crippen molar-refractivity contribution in [3.05, 3.63) is 27.8 Å². The highest BCUT2D eigenvalue weighted by Crippen LogP contribution is 2.38. The number of nitrogens with two attached hydrogens (primary N) is 1. The summed E-state index contributed by atoms with van der Waals surface area (Å²) in [5, 5.41) is 20.8. The Labute approximate surface area is 106 Å². The first-order valence-corrected chi connectivity index (χ1v) is 5.67. The Balaban J connectivity index is 3.24. The smallest absolute Gasteiger partial charge is 0.273 e. The number of nitrogens with zero attached hydrogens (tertiary/aromatic N) is 1. The second kappa shape index (κ2) is 5.68. The fourth-order valence-corrected chi connectivity index (χ4v) is 1.79. The number of hydrogen-bond donors (Lipinski definition) is 2. The first kappa shape index (κ1) is 14.2. The van der Waals surface area contributed by atoms with Crippen LogP contribution in [0.25, 0.3) is 0 Å². The molecule has 1 rings (SSSR count). The zero-order valence-corrected chi connectivity index (χ0v) is 10.7. The minimum Gasteiger partial charge on any atom is -0.504 e. The minimum absolute atomic E-state index is 0.0680. The second-order valence-electron chi connectivity index (χ2n) is 4.58. The normalized spacial score (nSPS) is 12.5. The molecule has 0 unspecified atom stereocenters. The summed E-state index contributed by atoms with van der Waals surface area (Å²) in [5.41, 5.74) is 6.15. The average molecular weight is 254 g/mol. The van der Waals surface area contributed by atoms with Crippen molar-refractivity contribution in [2.75, 3.05) is 7.11 Å². The number of non-ortho nitro benzene ring substituents is 1. The molecule has 18 heavy (non-hydrogen) atoms. The van der Waals surface area contributed by atoms with Crippen molar-refractivity contribution in [2.24, 2.45) is 11.7 Å². The molecule has 6 heteroatoms.